The van der Waals surface area contributed by atoms with Gasteiger partial charge in [-0.1, -0.05) is 35.4 Å². The van der Waals surface area contributed by atoms with Crippen LogP contribution in [0.5, 0.6) is 0 Å². The molecule has 0 radical (unpaired) electrons. The van der Waals surface area contributed by atoms with Crippen LogP contribution in [0.25, 0.3) is 0 Å². The minimum Gasteiger partial charge on any atom is -0.312 e. The Morgan fingerprint density at radius 3 is 2.18 bits per heavy atom. The van der Waals surface area contributed by atoms with E-state index in [4.69, 9.17) is 0 Å². The molecule has 1 saturated heterocycles. The third-order valence-electron chi connectivity index (χ3n) is 1.75. The minimum atomic E-state index is 0.646. The maximum Gasteiger partial charge on any atom is 0.00857 e. The van der Waals surface area contributed by atoms with Crippen molar-refractivity contribution in [2.45, 2.75) is 38.8 Å². The monoisotopic (exact) mass is 191 g/mol. The molecule has 0 atom stereocenters. The third kappa shape index (κ3) is 4.28. The average Bonchev–Trinajstić information content (AvgIpc) is 2.14. The van der Waals surface area contributed by atoms with Crippen molar-refractivity contribution < 1.29 is 0 Å². The third-order valence-corrected chi connectivity index (χ3v) is 4.22. The molecule has 0 bridgehead atoms. The van der Waals surface area contributed by atoms with E-state index in [1.165, 1.54) is 24.3 Å². The van der Waals surface area contributed by atoms with E-state index in [9.17, 15) is 0 Å². The van der Waals surface area contributed by atoms with E-state index in [0.29, 0.717) is 6.04 Å². The summed E-state index contributed by atoms with van der Waals surface area (Å²) in [5.41, 5.74) is 0. The molecule has 1 rings (SSSR count). The second kappa shape index (κ2) is 5.33. The number of hydrogen-bond acceptors (Lipinski definition) is 3. The van der Waals surface area contributed by atoms with Gasteiger partial charge in [-0.2, -0.15) is 0 Å². The van der Waals surface area contributed by atoms with Crippen molar-refractivity contribution in [2.75, 3.05) is 11.5 Å². The topological polar surface area (TPSA) is 12.0 Å². The lowest BCUT2D eigenvalue weighted by Gasteiger charge is -2.18. The Bertz CT molecular complexity index is 98.3. The van der Waals surface area contributed by atoms with Gasteiger partial charge in [-0.05, 0) is 12.8 Å². The second-order valence-corrected chi connectivity index (χ2v) is 5.94. The first-order valence-electron chi connectivity index (χ1n) is 4.29. The minimum absolute atomic E-state index is 0.646. The van der Waals surface area contributed by atoms with Gasteiger partial charge in [0.2, 0.25) is 0 Å². The van der Waals surface area contributed by atoms with Crippen LogP contribution in [0.15, 0.2) is 0 Å². The maximum absolute atomic E-state index is 3.60. The highest BCUT2D eigenvalue weighted by molar-refractivity contribution is 8.76. The maximum atomic E-state index is 3.60. The van der Waals surface area contributed by atoms with Gasteiger partial charge in [0.15, 0.2) is 0 Å². The van der Waals surface area contributed by atoms with Crippen molar-refractivity contribution in [3.05, 3.63) is 0 Å². The summed E-state index contributed by atoms with van der Waals surface area (Å²) in [7, 11) is 4.05. The van der Waals surface area contributed by atoms with E-state index in [1.807, 2.05) is 21.6 Å². The molecule has 0 aromatic carbocycles. The predicted molar refractivity (Wildman–Crippen MR) is 56.2 cm³/mol. The molecule has 11 heavy (non-hydrogen) atoms. The summed E-state index contributed by atoms with van der Waals surface area (Å²) in [6.45, 7) is 4.45. The van der Waals surface area contributed by atoms with Crippen molar-refractivity contribution in [1.82, 2.24) is 5.32 Å². The van der Waals surface area contributed by atoms with E-state index in [-0.39, 0.29) is 0 Å². The summed E-state index contributed by atoms with van der Waals surface area (Å²) in [6.07, 6.45) is 2.69. The van der Waals surface area contributed by atoms with Crippen molar-refractivity contribution in [2.24, 2.45) is 0 Å². The highest BCUT2D eigenvalue weighted by Gasteiger charge is 2.12. The molecule has 66 valence electrons. The first kappa shape index (κ1) is 9.75. The van der Waals surface area contributed by atoms with Crippen molar-refractivity contribution in [1.29, 1.82) is 0 Å². The fraction of sp³-hybridized carbons (Fsp3) is 1.00. The molecule has 0 spiro atoms. The largest absolute Gasteiger partial charge is 0.312 e. The van der Waals surface area contributed by atoms with Gasteiger partial charge in [0.25, 0.3) is 0 Å². The average molecular weight is 191 g/mol. The Kier molecular flexibility index (Phi) is 4.72. The van der Waals surface area contributed by atoms with Crippen LogP contribution in [0.2, 0.25) is 0 Å². The number of hydrogen-bond donors (Lipinski definition) is 1. The van der Waals surface area contributed by atoms with E-state index < -0.39 is 0 Å². The first-order chi connectivity index (χ1) is 5.29. The van der Waals surface area contributed by atoms with Gasteiger partial charge >= 0.3 is 0 Å². The molecule has 1 aliphatic heterocycles. The zero-order valence-corrected chi connectivity index (χ0v) is 8.93. The molecule has 1 aliphatic rings. The molecule has 0 amide bonds. The zero-order chi connectivity index (χ0) is 8.10. The van der Waals surface area contributed by atoms with Gasteiger partial charge < -0.3 is 5.32 Å². The van der Waals surface area contributed by atoms with Crippen LogP contribution in [0.3, 0.4) is 0 Å². The van der Waals surface area contributed by atoms with E-state index in [2.05, 4.69) is 19.2 Å². The summed E-state index contributed by atoms with van der Waals surface area (Å²) in [5.74, 6) is 2.63. The Balaban J connectivity index is 2.20. The lowest BCUT2D eigenvalue weighted by atomic mass is 10.1. The Morgan fingerprint density at radius 1 is 1.18 bits per heavy atom. The molecule has 3 heteroatoms. The van der Waals surface area contributed by atoms with Crippen LogP contribution in [0, 0.1) is 0 Å². The molecule has 1 N–H and O–H groups in total. The summed E-state index contributed by atoms with van der Waals surface area (Å²) < 4.78 is 0. The SMILES string of the molecule is CC(C)NC1CCSSCC1. The highest BCUT2D eigenvalue weighted by atomic mass is 33.1. The standard InChI is InChI=1S/C8H17NS2/c1-7(2)9-8-3-5-10-11-6-4-8/h7-9H,3-6H2,1-2H3. The molecule has 0 aromatic rings. The lowest BCUT2D eigenvalue weighted by Crippen LogP contribution is -2.35. The molecular weight excluding hydrogens is 174 g/mol. The van der Waals surface area contributed by atoms with Gasteiger partial charge in [0, 0.05) is 23.6 Å². The number of nitrogens with one attached hydrogen (secondary N) is 1. The summed E-state index contributed by atoms with van der Waals surface area (Å²) in [5, 5.41) is 3.60. The molecule has 1 fully saturated rings. The fourth-order valence-electron chi connectivity index (χ4n) is 1.28. The van der Waals surface area contributed by atoms with Gasteiger partial charge in [-0.3, -0.25) is 0 Å². The van der Waals surface area contributed by atoms with Crippen molar-refractivity contribution >= 4 is 21.6 Å². The summed E-state index contributed by atoms with van der Waals surface area (Å²) >= 11 is 0. The van der Waals surface area contributed by atoms with Gasteiger partial charge in [0.1, 0.15) is 0 Å². The molecular formula is C8H17NS2. The summed E-state index contributed by atoms with van der Waals surface area (Å²) in [4.78, 5) is 0. The van der Waals surface area contributed by atoms with Crippen LogP contribution in [-0.2, 0) is 0 Å². The second-order valence-electron chi connectivity index (χ2n) is 3.24. The molecule has 0 unspecified atom stereocenters. The van der Waals surface area contributed by atoms with E-state index in [1.54, 1.807) is 0 Å². The van der Waals surface area contributed by atoms with Crippen LogP contribution in [-0.4, -0.2) is 23.6 Å². The Hall–Kier alpha value is 0.660. The lowest BCUT2D eigenvalue weighted by molar-refractivity contribution is 0.447. The summed E-state index contributed by atoms with van der Waals surface area (Å²) in [6, 6.07) is 1.42. The molecule has 0 aliphatic carbocycles. The van der Waals surface area contributed by atoms with Crippen LogP contribution in [0.1, 0.15) is 26.7 Å². The molecule has 1 heterocycles. The zero-order valence-electron chi connectivity index (χ0n) is 7.30. The van der Waals surface area contributed by atoms with E-state index in [0.717, 1.165) is 6.04 Å². The van der Waals surface area contributed by atoms with Gasteiger partial charge in [-0.15, -0.1) is 0 Å². The van der Waals surface area contributed by atoms with Crippen LogP contribution >= 0.6 is 21.6 Å². The van der Waals surface area contributed by atoms with Gasteiger partial charge in [0.05, 0.1) is 0 Å². The first-order valence-corrected chi connectivity index (χ1v) is 6.78. The molecule has 1 nitrogen and oxygen atoms in total. The highest BCUT2D eigenvalue weighted by Crippen LogP contribution is 2.28. The quantitative estimate of drug-likeness (QED) is 0.674. The number of rotatable bonds is 2. The smallest absolute Gasteiger partial charge is 0.00857 e. The fourth-order valence-corrected chi connectivity index (χ4v) is 3.56. The van der Waals surface area contributed by atoms with Crippen LogP contribution < -0.4 is 5.32 Å². The van der Waals surface area contributed by atoms with Gasteiger partial charge in [-0.25, -0.2) is 0 Å². The predicted octanol–water partition coefficient (Wildman–Crippen LogP) is 2.53. The Morgan fingerprint density at radius 2 is 1.73 bits per heavy atom. The van der Waals surface area contributed by atoms with Crippen LogP contribution in [0.4, 0.5) is 0 Å². The van der Waals surface area contributed by atoms with Crippen molar-refractivity contribution in [3.8, 4) is 0 Å². The molecule has 0 aromatic heterocycles. The van der Waals surface area contributed by atoms with Crippen molar-refractivity contribution in [3.63, 3.8) is 0 Å². The molecule has 0 saturated carbocycles. The Labute approximate surface area is 77.5 Å². The normalized spacial score (nSPS) is 22.1. The van der Waals surface area contributed by atoms with E-state index >= 15 is 0 Å².